The van der Waals surface area contributed by atoms with Crippen LogP contribution in [0.15, 0.2) is 95.9 Å². The number of carbonyl (C=O) groups is 2. The van der Waals surface area contributed by atoms with E-state index in [1.54, 1.807) is 48.5 Å². The van der Waals surface area contributed by atoms with Crippen molar-refractivity contribution in [2.45, 2.75) is 57.6 Å². The Kier molecular flexibility index (Phi) is 12.0. The first kappa shape index (κ1) is 35.8. The average Bonchev–Trinajstić information content (AvgIpc) is 3.03. The number of nitrogens with zero attached hydrogens (tertiary/aromatic N) is 2. The molecule has 0 aliphatic rings. The summed E-state index contributed by atoms with van der Waals surface area (Å²) in [7, 11) is -2.85. The van der Waals surface area contributed by atoms with Crippen molar-refractivity contribution < 1.29 is 22.7 Å². The van der Waals surface area contributed by atoms with Crippen molar-refractivity contribution in [3.8, 4) is 5.75 Å². The average molecular weight is 697 g/mol. The molecule has 11 heteroatoms. The van der Waals surface area contributed by atoms with Crippen LogP contribution in [0.25, 0.3) is 0 Å². The third-order valence-electron chi connectivity index (χ3n) is 7.53. The number of hydrogen-bond acceptors (Lipinski definition) is 5. The van der Waals surface area contributed by atoms with E-state index in [0.29, 0.717) is 10.6 Å². The predicted octanol–water partition coefficient (Wildman–Crippen LogP) is 6.98. The fourth-order valence-electron chi connectivity index (χ4n) is 5.12. The number of rotatable bonds is 13. The Labute approximate surface area is 287 Å². The highest BCUT2D eigenvalue weighted by atomic mass is 35.5. The monoisotopic (exact) mass is 695 g/mol. The highest BCUT2D eigenvalue weighted by Gasteiger charge is 2.36. The lowest BCUT2D eigenvalue weighted by molar-refractivity contribution is -0.140. The maximum atomic E-state index is 14.7. The van der Waals surface area contributed by atoms with Gasteiger partial charge in [0.2, 0.25) is 11.8 Å². The molecule has 4 rings (SSSR count). The fraction of sp³-hybridized carbons (Fsp3) is 0.278. The maximum absolute atomic E-state index is 14.7. The van der Waals surface area contributed by atoms with Crippen LogP contribution in [0, 0.1) is 13.8 Å². The number of nitrogens with one attached hydrogen (secondary N) is 1. The van der Waals surface area contributed by atoms with Gasteiger partial charge in [0.05, 0.1) is 27.7 Å². The molecule has 0 bridgehead atoms. The summed E-state index contributed by atoms with van der Waals surface area (Å²) in [5.41, 5.74) is 3.29. The van der Waals surface area contributed by atoms with Crippen LogP contribution in [0.3, 0.4) is 0 Å². The van der Waals surface area contributed by atoms with Gasteiger partial charge >= 0.3 is 0 Å². The number of carbonyl (C=O) groups excluding carboxylic acids is 2. The SMILES string of the molecule is COc1ccc(C)cc1N(CC(=O)N(Cc1ccc(Cl)c(Cl)c1)[C@@H](Cc1ccccc1)C(=O)NC(C)C)S(=O)(=O)c1ccc(C)cc1. The lowest BCUT2D eigenvalue weighted by Crippen LogP contribution is -2.54. The summed E-state index contributed by atoms with van der Waals surface area (Å²) >= 11 is 12.5. The Hall–Kier alpha value is -4.05. The Balaban J connectivity index is 1.87. The van der Waals surface area contributed by atoms with Crippen LogP contribution in [0.2, 0.25) is 10.0 Å². The van der Waals surface area contributed by atoms with Gasteiger partial charge in [0.15, 0.2) is 0 Å². The van der Waals surface area contributed by atoms with Gasteiger partial charge in [-0.1, -0.05) is 83.4 Å². The molecule has 0 unspecified atom stereocenters. The summed E-state index contributed by atoms with van der Waals surface area (Å²) in [6.07, 6.45) is 0.185. The molecule has 47 heavy (non-hydrogen) atoms. The van der Waals surface area contributed by atoms with Crippen LogP contribution in [-0.2, 0) is 32.6 Å². The van der Waals surface area contributed by atoms with E-state index in [1.807, 2.05) is 58.0 Å². The molecule has 0 saturated heterocycles. The molecule has 0 aliphatic heterocycles. The molecule has 0 fully saturated rings. The van der Waals surface area contributed by atoms with Gasteiger partial charge in [0, 0.05) is 19.0 Å². The summed E-state index contributed by atoms with van der Waals surface area (Å²) in [6.45, 7) is 6.70. The van der Waals surface area contributed by atoms with Crippen LogP contribution < -0.4 is 14.4 Å². The number of benzene rings is 4. The second kappa shape index (κ2) is 15.7. The van der Waals surface area contributed by atoms with Gasteiger partial charge in [-0.15, -0.1) is 0 Å². The van der Waals surface area contributed by atoms with E-state index < -0.39 is 28.5 Å². The van der Waals surface area contributed by atoms with Crippen molar-refractivity contribution in [1.82, 2.24) is 10.2 Å². The second-order valence-electron chi connectivity index (χ2n) is 11.6. The molecule has 0 spiro atoms. The normalized spacial score (nSPS) is 12.0. The van der Waals surface area contributed by atoms with E-state index in [1.165, 1.54) is 24.1 Å². The molecule has 4 aromatic carbocycles. The fourth-order valence-corrected chi connectivity index (χ4v) is 6.85. The molecular formula is C36H39Cl2N3O5S. The van der Waals surface area contributed by atoms with E-state index >= 15 is 0 Å². The summed E-state index contributed by atoms with van der Waals surface area (Å²) < 4.78 is 35.3. The van der Waals surface area contributed by atoms with Gasteiger partial charge in [0.25, 0.3) is 10.0 Å². The van der Waals surface area contributed by atoms with E-state index in [4.69, 9.17) is 27.9 Å². The van der Waals surface area contributed by atoms with Crippen LogP contribution in [0.4, 0.5) is 5.69 Å². The zero-order valence-corrected chi connectivity index (χ0v) is 29.4. The number of hydrogen-bond donors (Lipinski definition) is 1. The first-order valence-corrected chi connectivity index (χ1v) is 17.3. The van der Waals surface area contributed by atoms with Crippen molar-refractivity contribution in [2.24, 2.45) is 0 Å². The Morgan fingerprint density at radius 2 is 1.49 bits per heavy atom. The van der Waals surface area contributed by atoms with Gasteiger partial charge in [-0.05, 0) is 80.8 Å². The molecule has 2 amide bonds. The zero-order valence-electron chi connectivity index (χ0n) is 27.0. The third kappa shape index (κ3) is 9.06. The quantitative estimate of drug-likeness (QED) is 0.163. The Morgan fingerprint density at radius 1 is 0.830 bits per heavy atom. The zero-order chi connectivity index (χ0) is 34.3. The number of sulfonamides is 1. The molecular weight excluding hydrogens is 657 g/mol. The minimum atomic E-state index is -4.29. The van der Waals surface area contributed by atoms with Gasteiger partial charge < -0.3 is 15.0 Å². The van der Waals surface area contributed by atoms with E-state index in [2.05, 4.69) is 5.32 Å². The summed E-state index contributed by atoms with van der Waals surface area (Å²) in [5, 5.41) is 3.57. The number of methoxy groups -OCH3 is 1. The van der Waals surface area contributed by atoms with Crippen LogP contribution >= 0.6 is 23.2 Å². The maximum Gasteiger partial charge on any atom is 0.264 e. The van der Waals surface area contributed by atoms with Crippen molar-refractivity contribution in [3.63, 3.8) is 0 Å². The summed E-state index contributed by atoms with van der Waals surface area (Å²) in [6, 6.07) is 24.6. The smallest absolute Gasteiger partial charge is 0.264 e. The number of aryl methyl sites for hydroxylation is 2. The molecule has 0 aliphatic carbocycles. The number of halogens is 2. The Morgan fingerprint density at radius 3 is 2.11 bits per heavy atom. The molecule has 1 atom stereocenters. The van der Waals surface area contributed by atoms with Crippen molar-refractivity contribution in [2.75, 3.05) is 18.0 Å². The molecule has 0 radical (unpaired) electrons. The molecule has 0 saturated carbocycles. The highest BCUT2D eigenvalue weighted by Crippen LogP contribution is 2.34. The van der Waals surface area contributed by atoms with E-state index in [9.17, 15) is 18.0 Å². The molecule has 1 N–H and O–H groups in total. The van der Waals surface area contributed by atoms with Crippen LogP contribution in [0.5, 0.6) is 5.75 Å². The minimum absolute atomic E-state index is 0.00822. The van der Waals surface area contributed by atoms with Gasteiger partial charge in [-0.2, -0.15) is 0 Å². The predicted molar refractivity (Wildman–Crippen MR) is 188 cm³/mol. The van der Waals surface area contributed by atoms with E-state index in [0.717, 1.165) is 21.0 Å². The van der Waals surface area contributed by atoms with Crippen molar-refractivity contribution in [1.29, 1.82) is 0 Å². The van der Waals surface area contributed by atoms with Crippen LogP contribution in [-0.4, -0.2) is 50.9 Å². The standard InChI is InChI=1S/C36H39Cl2N3O5S/c1-24(2)39-36(43)33(21-27-9-7-6-8-10-27)40(22-28-14-17-30(37)31(38)20-28)35(42)23-41(32-19-26(4)13-18-34(32)46-5)47(44,45)29-15-11-25(3)12-16-29/h6-20,24,33H,21-23H2,1-5H3,(H,39,43)/t33-/m0/s1. The third-order valence-corrected chi connectivity index (χ3v) is 10.0. The molecule has 0 heterocycles. The summed E-state index contributed by atoms with van der Waals surface area (Å²) in [5.74, 6) is -0.706. The van der Waals surface area contributed by atoms with Crippen molar-refractivity contribution in [3.05, 3.63) is 123 Å². The van der Waals surface area contributed by atoms with Gasteiger partial charge in [-0.25, -0.2) is 8.42 Å². The van der Waals surface area contributed by atoms with E-state index in [-0.39, 0.29) is 46.3 Å². The van der Waals surface area contributed by atoms with Gasteiger partial charge in [-0.3, -0.25) is 13.9 Å². The van der Waals surface area contributed by atoms with Crippen molar-refractivity contribution >= 4 is 50.7 Å². The Bertz CT molecular complexity index is 1820. The van der Waals surface area contributed by atoms with Crippen LogP contribution in [0.1, 0.15) is 36.1 Å². The number of anilines is 1. The highest BCUT2D eigenvalue weighted by molar-refractivity contribution is 7.92. The first-order valence-electron chi connectivity index (χ1n) is 15.1. The number of ether oxygens (including phenoxy) is 1. The van der Waals surface area contributed by atoms with Gasteiger partial charge in [0.1, 0.15) is 18.3 Å². The minimum Gasteiger partial charge on any atom is -0.495 e. The lowest BCUT2D eigenvalue weighted by atomic mass is 10.0. The topological polar surface area (TPSA) is 96.0 Å². The first-order chi connectivity index (χ1) is 22.3. The lowest BCUT2D eigenvalue weighted by Gasteiger charge is -2.34. The molecule has 248 valence electrons. The summed E-state index contributed by atoms with van der Waals surface area (Å²) in [4.78, 5) is 29.9. The molecule has 8 nitrogen and oxygen atoms in total. The molecule has 4 aromatic rings. The molecule has 0 aromatic heterocycles. The largest absolute Gasteiger partial charge is 0.495 e. The second-order valence-corrected chi connectivity index (χ2v) is 14.3. The number of amides is 2.